The van der Waals surface area contributed by atoms with Crippen LogP contribution in [0.5, 0.6) is 5.75 Å². The Hall–Kier alpha value is -2.94. The van der Waals surface area contributed by atoms with Crippen LogP contribution in [0.25, 0.3) is 10.2 Å². The molecule has 1 fully saturated rings. The molecule has 4 rings (SSSR count). The summed E-state index contributed by atoms with van der Waals surface area (Å²) in [6.07, 6.45) is 0. The molecule has 0 bridgehead atoms. The second kappa shape index (κ2) is 7.82. The Labute approximate surface area is 170 Å². The van der Waals surface area contributed by atoms with E-state index in [4.69, 9.17) is 9.72 Å². The Balaban J connectivity index is 1.45. The highest BCUT2D eigenvalue weighted by molar-refractivity contribution is 7.22. The van der Waals surface area contributed by atoms with Gasteiger partial charge in [-0.05, 0) is 30.7 Å². The highest BCUT2D eigenvalue weighted by atomic mass is 32.1. The average Bonchev–Trinajstić information content (AvgIpc) is 3.18. The molecular weight excluding hydrogens is 398 g/mol. The molecule has 0 spiro atoms. The molecule has 0 atom stereocenters. The number of para-hydroxylation sites is 1. The van der Waals surface area contributed by atoms with Crippen LogP contribution < -0.4 is 15.0 Å². The third-order valence-corrected chi connectivity index (χ3v) is 6.20. The van der Waals surface area contributed by atoms with E-state index in [2.05, 4.69) is 10.2 Å². The molecular formula is C20H20F2N4O2S. The lowest BCUT2D eigenvalue weighted by molar-refractivity contribution is 0.208. The van der Waals surface area contributed by atoms with Crippen LogP contribution in [-0.2, 0) is 0 Å². The number of methoxy groups -OCH3 is 1. The number of benzene rings is 2. The Morgan fingerprint density at radius 1 is 1.14 bits per heavy atom. The number of ether oxygens (including phenoxy) is 1. The Morgan fingerprint density at radius 2 is 1.83 bits per heavy atom. The lowest BCUT2D eigenvalue weighted by Crippen LogP contribution is -2.50. The molecule has 0 radical (unpaired) electrons. The summed E-state index contributed by atoms with van der Waals surface area (Å²) in [6, 6.07) is 6.88. The summed E-state index contributed by atoms with van der Waals surface area (Å²) >= 11 is 1.59. The zero-order valence-corrected chi connectivity index (χ0v) is 16.9. The van der Waals surface area contributed by atoms with Crippen molar-refractivity contribution in [3.05, 3.63) is 47.5 Å². The number of aromatic nitrogens is 1. The topological polar surface area (TPSA) is 57.7 Å². The standard InChI is InChI=1S/C20H20F2N4O2S/c1-12-6-7-15(28-2)17-18(12)29-20(24-17)26-10-8-25(9-11-26)19(27)23-16-13(21)4-3-5-14(16)22/h3-7H,8-11H2,1-2H3,(H,23,27). The summed E-state index contributed by atoms with van der Waals surface area (Å²) in [4.78, 5) is 20.8. The van der Waals surface area contributed by atoms with E-state index < -0.39 is 23.4 Å². The van der Waals surface area contributed by atoms with Gasteiger partial charge in [-0.1, -0.05) is 23.5 Å². The zero-order valence-electron chi connectivity index (χ0n) is 16.0. The van der Waals surface area contributed by atoms with Crippen molar-refractivity contribution in [3.8, 4) is 5.75 Å². The van der Waals surface area contributed by atoms with Crippen LogP contribution in [0.2, 0.25) is 0 Å². The molecule has 1 aliphatic rings. The number of thiazole rings is 1. The van der Waals surface area contributed by atoms with Gasteiger partial charge in [-0.25, -0.2) is 18.6 Å². The summed E-state index contributed by atoms with van der Waals surface area (Å²) in [5.41, 5.74) is 1.55. The number of amides is 2. The molecule has 6 nitrogen and oxygen atoms in total. The van der Waals surface area contributed by atoms with Crippen LogP contribution in [0.3, 0.4) is 0 Å². The van der Waals surface area contributed by atoms with Crippen molar-refractivity contribution < 1.29 is 18.3 Å². The molecule has 0 aliphatic carbocycles. The summed E-state index contributed by atoms with van der Waals surface area (Å²) in [5.74, 6) is -0.857. The fourth-order valence-corrected chi connectivity index (χ4v) is 4.41. The van der Waals surface area contributed by atoms with E-state index in [1.165, 1.54) is 6.07 Å². The SMILES string of the molecule is COc1ccc(C)c2sc(N3CCN(C(=O)Nc4c(F)cccc4F)CC3)nc12. The van der Waals surface area contributed by atoms with Crippen molar-refractivity contribution in [2.45, 2.75) is 6.92 Å². The number of nitrogens with one attached hydrogen (secondary N) is 1. The Kier molecular flexibility index (Phi) is 5.23. The number of halogens is 2. The van der Waals surface area contributed by atoms with E-state index in [1.807, 2.05) is 19.1 Å². The first-order valence-corrected chi connectivity index (χ1v) is 9.98. The predicted octanol–water partition coefficient (Wildman–Crippen LogP) is 4.25. The number of fused-ring (bicyclic) bond motifs is 1. The predicted molar refractivity (Wildman–Crippen MR) is 110 cm³/mol. The minimum atomic E-state index is -0.796. The van der Waals surface area contributed by atoms with Gasteiger partial charge in [0, 0.05) is 26.2 Å². The van der Waals surface area contributed by atoms with Gasteiger partial charge in [0.2, 0.25) is 0 Å². The molecule has 29 heavy (non-hydrogen) atoms. The fraction of sp³-hybridized carbons (Fsp3) is 0.300. The molecule has 3 aromatic rings. The molecule has 1 aromatic heterocycles. The molecule has 152 valence electrons. The summed E-state index contributed by atoms with van der Waals surface area (Å²) in [7, 11) is 1.62. The number of anilines is 2. The molecule has 0 unspecified atom stereocenters. The molecule has 1 saturated heterocycles. The maximum Gasteiger partial charge on any atom is 0.322 e. The first-order chi connectivity index (χ1) is 14.0. The molecule has 0 saturated carbocycles. The smallest absolute Gasteiger partial charge is 0.322 e. The number of piperazine rings is 1. The van der Waals surface area contributed by atoms with Crippen molar-refractivity contribution in [1.82, 2.24) is 9.88 Å². The van der Waals surface area contributed by atoms with Crippen molar-refractivity contribution in [3.63, 3.8) is 0 Å². The first kappa shape index (κ1) is 19.4. The largest absolute Gasteiger partial charge is 0.494 e. The number of carbonyl (C=O) groups is 1. The number of hydrogen-bond acceptors (Lipinski definition) is 5. The normalized spacial score (nSPS) is 14.3. The molecule has 9 heteroatoms. The number of urea groups is 1. The number of carbonyl (C=O) groups excluding carboxylic acids is 1. The second-order valence-corrected chi connectivity index (χ2v) is 7.74. The first-order valence-electron chi connectivity index (χ1n) is 9.17. The minimum Gasteiger partial charge on any atom is -0.494 e. The second-order valence-electron chi connectivity index (χ2n) is 6.76. The van der Waals surface area contributed by atoms with E-state index >= 15 is 0 Å². The monoisotopic (exact) mass is 418 g/mol. The molecule has 1 N–H and O–H groups in total. The highest BCUT2D eigenvalue weighted by Crippen LogP contribution is 2.36. The van der Waals surface area contributed by atoms with Crippen LogP contribution in [0, 0.1) is 18.6 Å². The minimum absolute atomic E-state index is 0.423. The number of rotatable bonds is 3. The lowest BCUT2D eigenvalue weighted by atomic mass is 10.2. The summed E-state index contributed by atoms with van der Waals surface area (Å²) in [5, 5.41) is 3.20. The van der Waals surface area contributed by atoms with Crippen LogP contribution in [0.15, 0.2) is 30.3 Å². The van der Waals surface area contributed by atoms with Gasteiger partial charge in [0.25, 0.3) is 0 Å². The number of hydrogen-bond donors (Lipinski definition) is 1. The molecule has 1 aliphatic heterocycles. The zero-order chi connectivity index (χ0) is 20.5. The van der Waals surface area contributed by atoms with Gasteiger partial charge in [-0.2, -0.15) is 0 Å². The third-order valence-electron chi connectivity index (χ3n) is 4.94. The highest BCUT2D eigenvalue weighted by Gasteiger charge is 2.25. The van der Waals surface area contributed by atoms with Gasteiger partial charge < -0.3 is 19.9 Å². The van der Waals surface area contributed by atoms with E-state index in [0.717, 1.165) is 38.8 Å². The lowest BCUT2D eigenvalue weighted by Gasteiger charge is -2.34. The van der Waals surface area contributed by atoms with E-state index in [1.54, 1.807) is 23.3 Å². The maximum atomic E-state index is 13.8. The van der Waals surface area contributed by atoms with Gasteiger partial charge in [-0.15, -0.1) is 0 Å². The maximum absolute atomic E-state index is 13.8. The van der Waals surface area contributed by atoms with E-state index in [0.29, 0.717) is 26.2 Å². The van der Waals surface area contributed by atoms with Crippen LogP contribution in [-0.4, -0.2) is 49.2 Å². The van der Waals surface area contributed by atoms with Gasteiger partial charge >= 0.3 is 6.03 Å². The van der Waals surface area contributed by atoms with Crippen LogP contribution in [0.1, 0.15) is 5.56 Å². The molecule has 2 aromatic carbocycles. The third kappa shape index (κ3) is 3.69. The van der Waals surface area contributed by atoms with Crippen molar-refractivity contribution in [1.29, 1.82) is 0 Å². The van der Waals surface area contributed by atoms with Crippen molar-refractivity contribution in [2.24, 2.45) is 0 Å². The fourth-order valence-electron chi connectivity index (χ4n) is 3.30. The number of nitrogens with zero attached hydrogens (tertiary/aromatic N) is 3. The average molecular weight is 418 g/mol. The van der Waals surface area contributed by atoms with Gasteiger partial charge in [0.15, 0.2) is 5.13 Å². The van der Waals surface area contributed by atoms with Crippen molar-refractivity contribution in [2.75, 3.05) is 43.5 Å². The van der Waals surface area contributed by atoms with Crippen LogP contribution >= 0.6 is 11.3 Å². The van der Waals surface area contributed by atoms with E-state index in [-0.39, 0.29) is 0 Å². The van der Waals surface area contributed by atoms with Crippen LogP contribution in [0.4, 0.5) is 24.4 Å². The molecule has 2 amide bonds. The van der Waals surface area contributed by atoms with E-state index in [9.17, 15) is 13.6 Å². The van der Waals surface area contributed by atoms with Crippen molar-refractivity contribution >= 4 is 38.4 Å². The quantitative estimate of drug-likeness (QED) is 0.691. The summed E-state index contributed by atoms with van der Waals surface area (Å²) < 4.78 is 34.0. The Bertz CT molecular complexity index is 1040. The molecule has 2 heterocycles. The van der Waals surface area contributed by atoms with Gasteiger partial charge in [-0.3, -0.25) is 0 Å². The summed E-state index contributed by atoms with van der Waals surface area (Å²) in [6.45, 7) is 4.04. The van der Waals surface area contributed by atoms with Gasteiger partial charge in [0.1, 0.15) is 28.6 Å². The Morgan fingerprint density at radius 3 is 2.48 bits per heavy atom. The van der Waals surface area contributed by atoms with Gasteiger partial charge in [0.05, 0.1) is 11.8 Å². The number of aryl methyl sites for hydroxylation is 1.